The van der Waals surface area contributed by atoms with E-state index in [1.165, 1.54) is 34.7 Å². The Labute approximate surface area is 165 Å². The standard InChI is InChI=1S/C19H19F2N5OS/c1-2-3-15-6-13(8-22)18(28-15)24-9-19(27,10-26-12-23-11-25-26)16-5-4-14(20)7-17(16)21/h4-7,11-12,24,27H,2-3,9-10H2,1H3/t19-/m0/s1. The molecule has 2 aromatic heterocycles. The van der Waals surface area contributed by atoms with Gasteiger partial charge in [0.2, 0.25) is 0 Å². The van der Waals surface area contributed by atoms with E-state index in [9.17, 15) is 19.1 Å². The van der Waals surface area contributed by atoms with Crippen LogP contribution in [0.15, 0.2) is 36.9 Å². The molecule has 0 aliphatic rings. The second-order valence-electron chi connectivity index (χ2n) is 6.42. The topological polar surface area (TPSA) is 86.8 Å². The number of aryl methyl sites for hydroxylation is 1. The number of aliphatic hydroxyl groups is 1. The Morgan fingerprint density at radius 1 is 1.36 bits per heavy atom. The minimum atomic E-state index is -1.74. The molecule has 9 heteroatoms. The molecule has 28 heavy (non-hydrogen) atoms. The fraction of sp³-hybridized carbons (Fsp3) is 0.316. The molecule has 2 N–H and O–H groups in total. The van der Waals surface area contributed by atoms with Gasteiger partial charge in [-0.3, -0.25) is 0 Å². The summed E-state index contributed by atoms with van der Waals surface area (Å²) in [5, 5.41) is 28.3. The zero-order valence-corrected chi connectivity index (χ0v) is 16.0. The molecule has 0 saturated heterocycles. The predicted molar refractivity (Wildman–Crippen MR) is 102 cm³/mol. The van der Waals surface area contributed by atoms with Gasteiger partial charge in [0.15, 0.2) is 0 Å². The fourth-order valence-corrected chi connectivity index (χ4v) is 4.04. The van der Waals surface area contributed by atoms with Crippen molar-refractivity contribution in [2.24, 2.45) is 0 Å². The van der Waals surface area contributed by atoms with E-state index in [1.807, 2.05) is 13.0 Å². The van der Waals surface area contributed by atoms with Crippen LogP contribution in [0.25, 0.3) is 0 Å². The largest absolute Gasteiger partial charge is 0.381 e. The van der Waals surface area contributed by atoms with Crippen LogP contribution in [0.4, 0.5) is 13.8 Å². The third-order valence-corrected chi connectivity index (χ3v) is 5.42. The fourth-order valence-electron chi connectivity index (χ4n) is 2.94. The van der Waals surface area contributed by atoms with E-state index >= 15 is 0 Å². The summed E-state index contributed by atoms with van der Waals surface area (Å²) in [6, 6.07) is 6.98. The highest BCUT2D eigenvalue weighted by molar-refractivity contribution is 7.16. The smallest absolute Gasteiger partial charge is 0.137 e. The highest BCUT2D eigenvalue weighted by Crippen LogP contribution is 2.32. The van der Waals surface area contributed by atoms with Crippen LogP contribution >= 0.6 is 11.3 Å². The van der Waals surface area contributed by atoms with Gasteiger partial charge in [-0.2, -0.15) is 10.4 Å². The minimum absolute atomic E-state index is 0.0688. The molecule has 0 amide bonds. The predicted octanol–water partition coefficient (Wildman–Crippen LogP) is 3.44. The Morgan fingerprint density at radius 2 is 2.18 bits per heavy atom. The summed E-state index contributed by atoms with van der Waals surface area (Å²) in [7, 11) is 0. The first-order chi connectivity index (χ1) is 13.4. The first-order valence-corrected chi connectivity index (χ1v) is 9.54. The molecule has 0 bridgehead atoms. The van der Waals surface area contributed by atoms with Gasteiger partial charge in [-0.05, 0) is 18.6 Å². The number of thiophene rings is 1. The average Bonchev–Trinajstić information content (AvgIpc) is 3.29. The van der Waals surface area contributed by atoms with Crippen LogP contribution in [-0.4, -0.2) is 26.4 Å². The molecule has 0 aliphatic heterocycles. The molecule has 0 aliphatic carbocycles. The maximum Gasteiger partial charge on any atom is 0.137 e. The Balaban J connectivity index is 1.91. The molecule has 0 spiro atoms. The van der Waals surface area contributed by atoms with E-state index < -0.39 is 17.2 Å². The minimum Gasteiger partial charge on any atom is -0.381 e. The lowest BCUT2D eigenvalue weighted by atomic mass is 9.93. The number of nitrogens with one attached hydrogen (secondary N) is 1. The maximum atomic E-state index is 14.4. The Kier molecular flexibility index (Phi) is 6.02. The number of anilines is 1. The molecule has 3 rings (SSSR count). The van der Waals surface area contributed by atoms with E-state index in [4.69, 9.17) is 0 Å². The number of hydrogen-bond donors (Lipinski definition) is 2. The zero-order chi connectivity index (χ0) is 20.1. The van der Waals surface area contributed by atoms with Crippen LogP contribution < -0.4 is 5.32 Å². The SMILES string of the molecule is CCCc1cc(C#N)c(NC[C@](O)(Cn2cncn2)c2ccc(F)cc2F)s1. The number of halogens is 2. The molecule has 3 aromatic rings. The van der Waals surface area contributed by atoms with E-state index in [-0.39, 0.29) is 18.7 Å². The van der Waals surface area contributed by atoms with Gasteiger partial charge in [0.1, 0.15) is 41.0 Å². The van der Waals surface area contributed by atoms with Gasteiger partial charge in [-0.1, -0.05) is 19.4 Å². The van der Waals surface area contributed by atoms with Crippen molar-refractivity contribution in [3.05, 3.63) is 64.6 Å². The second-order valence-corrected chi connectivity index (χ2v) is 7.56. The van der Waals surface area contributed by atoms with Gasteiger partial charge in [0.05, 0.1) is 18.7 Å². The third-order valence-electron chi connectivity index (χ3n) is 4.26. The molecule has 0 fully saturated rings. The lowest BCUT2D eigenvalue weighted by Crippen LogP contribution is -2.39. The first kappa shape index (κ1) is 19.9. The average molecular weight is 403 g/mol. The first-order valence-electron chi connectivity index (χ1n) is 8.72. The number of nitriles is 1. The Bertz CT molecular complexity index is 983. The number of nitrogens with zero attached hydrogens (tertiary/aromatic N) is 4. The number of aromatic nitrogens is 3. The lowest BCUT2D eigenvalue weighted by Gasteiger charge is -2.29. The molecule has 1 atom stereocenters. The molecular formula is C19H19F2N5OS. The van der Waals surface area contributed by atoms with Gasteiger partial charge in [-0.25, -0.2) is 18.4 Å². The van der Waals surface area contributed by atoms with Crippen molar-refractivity contribution in [2.75, 3.05) is 11.9 Å². The van der Waals surface area contributed by atoms with Gasteiger partial charge < -0.3 is 10.4 Å². The lowest BCUT2D eigenvalue weighted by molar-refractivity contribution is 0.0248. The van der Waals surface area contributed by atoms with E-state index in [2.05, 4.69) is 21.5 Å². The summed E-state index contributed by atoms with van der Waals surface area (Å²) in [6.07, 6.45) is 4.50. The van der Waals surface area contributed by atoms with Crippen molar-refractivity contribution in [3.8, 4) is 6.07 Å². The number of rotatable bonds is 8. The van der Waals surface area contributed by atoms with Crippen molar-refractivity contribution in [1.82, 2.24) is 14.8 Å². The quantitative estimate of drug-likeness (QED) is 0.602. The molecular weight excluding hydrogens is 384 g/mol. The molecule has 0 unspecified atom stereocenters. The second kappa shape index (κ2) is 8.46. The van der Waals surface area contributed by atoms with E-state index in [1.54, 1.807) is 0 Å². The molecule has 0 saturated carbocycles. The Morgan fingerprint density at radius 3 is 2.82 bits per heavy atom. The summed E-state index contributed by atoms with van der Waals surface area (Å²) in [6.45, 7) is 1.85. The number of benzene rings is 1. The summed E-state index contributed by atoms with van der Waals surface area (Å²) < 4.78 is 29.1. The molecule has 0 radical (unpaired) electrons. The van der Waals surface area contributed by atoms with Crippen molar-refractivity contribution in [2.45, 2.75) is 31.9 Å². The van der Waals surface area contributed by atoms with Crippen LogP contribution in [0.5, 0.6) is 0 Å². The van der Waals surface area contributed by atoms with Crippen molar-refractivity contribution < 1.29 is 13.9 Å². The van der Waals surface area contributed by atoms with Crippen LogP contribution in [0.3, 0.4) is 0 Å². The summed E-state index contributed by atoms with van der Waals surface area (Å²) in [4.78, 5) is 4.88. The van der Waals surface area contributed by atoms with Crippen LogP contribution in [-0.2, 0) is 18.6 Å². The van der Waals surface area contributed by atoms with Crippen molar-refractivity contribution >= 4 is 16.3 Å². The molecule has 6 nitrogen and oxygen atoms in total. The molecule has 146 valence electrons. The Hall–Kier alpha value is -2.83. The normalized spacial score (nSPS) is 13.1. The van der Waals surface area contributed by atoms with Gasteiger partial charge in [-0.15, -0.1) is 11.3 Å². The van der Waals surface area contributed by atoms with Gasteiger partial charge >= 0.3 is 0 Å². The van der Waals surface area contributed by atoms with Crippen molar-refractivity contribution in [3.63, 3.8) is 0 Å². The summed E-state index contributed by atoms with van der Waals surface area (Å²) in [5.41, 5.74) is -1.34. The van der Waals surface area contributed by atoms with E-state index in [0.717, 1.165) is 29.9 Å². The van der Waals surface area contributed by atoms with Gasteiger partial charge in [0.25, 0.3) is 0 Å². The highest BCUT2D eigenvalue weighted by Gasteiger charge is 2.34. The maximum absolute atomic E-state index is 14.4. The van der Waals surface area contributed by atoms with Gasteiger partial charge in [0, 0.05) is 16.5 Å². The summed E-state index contributed by atoms with van der Waals surface area (Å²) in [5.74, 6) is -1.59. The molecule has 1 aromatic carbocycles. The van der Waals surface area contributed by atoms with Crippen LogP contribution in [0.2, 0.25) is 0 Å². The monoisotopic (exact) mass is 403 g/mol. The van der Waals surface area contributed by atoms with Crippen LogP contribution in [0.1, 0.15) is 29.3 Å². The number of hydrogen-bond acceptors (Lipinski definition) is 6. The molecule has 2 heterocycles. The highest BCUT2D eigenvalue weighted by atomic mass is 32.1. The third kappa shape index (κ3) is 4.35. The van der Waals surface area contributed by atoms with E-state index in [0.29, 0.717) is 10.6 Å². The zero-order valence-electron chi connectivity index (χ0n) is 15.2. The summed E-state index contributed by atoms with van der Waals surface area (Å²) >= 11 is 1.43. The van der Waals surface area contributed by atoms with Crippen LogP contribution in [0, 0.1) is 23.0 Å². The van der Waals surface area contributed by atoms with Crippen molar-refractivity contribution in [1.29, 1.82) is 5.26 Å².